The summed E-state index contributed by atoms with van der Waals surface area (Å²) in [6, 6.07) is 6.61. The van der Waals surface area contributed by atoms with E-state index in [-0.39, 0.29) is 12.0 Å². The first-order valence-corrected chi connectivity index (χ1v) is 11.1. The van der Waals surface area contributed by atoms with Crippen molar-refractivity contribution in [3.63, 3.8) is 0 Å². The minimum Gasteiger partial charge on any atom is -0.486 e. The van der Waals surface area contributed by atoms with Gasteiger partial charge in [0.1, 0.15) is 19.3 Å². The van der Waals surface area contributed by atoms with Crippen LogP contribution >= 0.6 is 0 Å². The van der Waals surface area contributed by atoms with Crippen LogP contribution in [0.1, 0.15) is 45.1 Å². The van der Waals surface area contributed by atoms with Crippen molar-refractivity contribution in [1.29, 1.82) is 0 Å². The second-order valence-electron chi connectivity index (χ2n) is 8.88. The zero-order chi connectivity index (χ0) is 20.2. The molecule has 29 heavy (non-hydrogen) atoms. The Labute approximate surface area is 174 Å². The molecule has 1 aliphatic carbocycles. The average molecular weight is 403 g/mol. The molecule has 1 atom stereocenters. The van der Waals surface area contributed by atoms with Gasteiger partial charge in [0.25, 0.3) is 5.91 Å². The molecule has 0 aromatic heterocycles. The fourth-order valence-electron chi connectivity index (χ4n) is 4.70. The summed E-state index contributed by atoms with van der Waals surface area (Å²) in [6.07, 6.45) is 4.77. The zero-order valence-electron chi connectivity index (χ0n) is 17.8. The van der Waals surface area contributed by atoms with Gasteiger partial charge in [-0.25, -0.2) is 0 Å². The van der Waals surface area contributed by atoms with Crippen LogP contribution in [-0.4, -0.2) is 67.3 Å². The van der Waals surface area contributed by atoms with Crippen LogP contribution in [0, 0.1) is 5.92 Å². The van der Waals surface area contributed by atoms with Crippen LogP contribution in [-0.2, 0) is 16.1 Å². The van der Waals surface area contributed by atoms with Gasteiger partial charge in [-0.15, -0.1) is 0 Å². The van der Waals surface area contributed by atoms with Crippen molar-refractivity contribution in [3.8, 4) is 11.5 Å². The Kier molecular flexibility index (Phi) is 6.60. The van der Waals surface area contributed by atoms with Crippen LogP contribution in [0.3, 0.4) is 0 Å². The summed E-state index contributed by atoms with van der Waals surface area (Å²) in [5, 5.41) is 0. The van der Waals surface area contributed by atoms with E-state index in [1.807, 2.05) is 23.1 Å². The lowest BCUT2D eigenvalue weighted by atomic mass is 10.1. The van der Waals surface area contributed by atoms with E-state index in [9.17, 15) is 4.79 Å². The number of benzene rings is 1. The normalized spacial score (nSPS) is 22.8. The molecular weight excluding hydrogens is 368 g/mol. The summed E-state index contributed by atoms with van der Waals surface area (Å²) < 4.78 is 17.3. The topological polar surface area (TPSA) is 51.2 Å². The van der Waals surface area contributed by atoms with E-state index >= 15 is 0 Å². The van der Waals surface area contributed by atoms with Crippen LogP contribution in [0.4, 0.5) is 0 Å². The predicted octanol–water partition coefficient (Wildman–Crippen LogP) is 3.09. The number of amides is 1. The van der Waals surface area contributed by atoms with Gasteiger partial charge in [0.05, 0.1) is 6.61 Å². The molecule has 2 heterocycles. The molecule has 2 fully saturated rings. The minimum atomic E-state index is -0.361. The Morgan fingerprint density at radius 3 is 2.66 bits per heavy atom. The third kappa shape index (κ3) is 5.04. The summed E-state index contributed by atoms with van der Waals surface area (Å²) in [5.74, 6) is 2.05. The summed E-state index contributed by atoms with van der Waals surface area (Å²) in [6.45, 7) is 9.05. The van der Waals surface area contributed by atoms with Gasteiger partial charge in [0.15, 0.2) is 11.5 Å². The maximum Gasteiger partial charge on any atom is 0.253 e. The van der Waals surface area contributed by atoms with E-state index in [1.54, 1.807) is 0 Å². The molecule has 1 amide bonds. The maximum absolute atomic E-state index is 13.4. The fourth-order valence-corrected chi connectivity index (χ4v) is 4.70. The lowest BCUT2D eigenvalue weighted by molar-refractivity contribution is -0.151. The lowest BCUT2D eigenvalue weighted by Crippen LogP contribution is -2.53. The predicted molar refractivity (Wildman–Crippen MR) is 111 cm³/mol. The molecule has 6 nitrogen and oxygen atoms in total. The standard InChI is InChI=1S/C23H34N2O4/c1-17(2)14-25(15-18-7-8-20-21(13-18)29-12-11-28-20)23(26)22-16-24(9-10-27-22)19-5-3-4-6-19/h7-8,13,17,19,22H,3-6,9-12,14-16H2,1-2H3. The number of carbonyl (C=O) groups is 1. The van der Waals surface area contributed by atoms with E-state index in [2.05, 4.69) is 18.7 Å². The first kappa shape index (κ1) is 20.5. The lowest BCUT2D eigenvalue weighted by Gasteiger charge is -2.38. The molecule has 160 valence electrons. The van der Waals surface area contributed by atoms with Gasteiger partial charge >= 0.3 is 0 Å². The molecule has 0 bridgehead atoms. The molecule has 1 unspecified atom stereocenters. The minimum absolute atomic E-state index is 0.108. The van der Waals surface area contributed by atoms with Gasteiger partial charge in [0.2, 0.25) is 0 Å². The van der Waals surface area contributed by atoms with E-state index in [0.717, 1.165) is 36.7 Å². The highest BCUT2D eigenvalue weighted by Crippen LogP contribution is 2.31. The number of nitrogens with zero attached hydrogens (tertiary/aromatic N) is 2. The van der Waals surface area contributed by atoms with Crippen LogP contribution in [0.2, 0.25) is 0 Å². The number of hydrogen-bond donors (Lipinski definition) is 0. The fraction of sp³-hybridized carbons (Fsp3) is 0.696. The summed E-state index contributed by atoms with van der Waals surface area (Å²) in [7, 11) is 0. The number of fused-ring (bicyclic) bond motifs is 1. The molecule has 1 aromatic rings. The van der Waals surface area contributed by atoms with Gasteiger partial charge in [0, 0.05) is 32.2 Å². The molecule has 0 spiro atoms. The van der Waals surface area contributed by atoms with Gasteiger partial charge in [-0.05, 0) is 36.5 Å². The molecule has 1 aromatic carbocycles. The number of carbonyl (C=O) groups excluding carboxylic acids is 1. The Morgan fingerprint density at radius 1 is 1.14 bits per heavy atom. The Balaban J connectivity index is 1.44. The molecule has 1 saturated heterocycles. The van der Waals surface area contributed by atoms with Gasteiger partial charge in [-0.3, -0.25) is 9.69 Å². The number of ether oxygens (including phenoxy) is 3. The molecule has 2 aliphatic heterocycles. The molecule has 6 heteroatoms. The quantitative estimate of drug-likeness (QED) is 0.732. The molecule has 4 rings (SSSR count). The first-order chi connectivity index (χ1) is 14.1. The number of morpholine rings is 1. The van der Waals surface area contributed by atoms with E-state index < -0.39 is 0 Å². The molecule has 0 radical (unpaired) electrons. The van der Waals surface area contributed by atoms with Crippen molar-refractivity contribution >= 4 is 5.91 Å². The Bertz CT molecular complexity index is 702. The SMILES string of the molecule is CC(C)CN(Cc1ccc2c(c1)OCCO2)C(=O)C1CN(C2CCCC2)CCO1. The highest BCUT2D eigenvalue weighted by molar-refractivity contribution is 5.81. The van der Waals surface area contributed by atoms with Crippen molar-refractivity contribution in [2.45, 2.75) is 58.2 Å². The highest BCUT2D eigenvalue weighted by Gasteiger charge is 2.34. The second kappa shape index (κ2) is 9.35. The second-order valence-corrected chi connectivity index (χ2v) is 8.88. The van der Waals surface area contributed by atoms with Crippen molar-refractivity contribution in [1.82, 2.24) is 9.80 Å². The van der Waals surface area contributed by atoms with E-state index in [4.69, 9.17) is 14.2 Å². The smallest absolute Gasteiger partial charge is 0.253 e. The van der Waals surface area contributed by atoms with E-state index in [1.165, 1.54) is 25.7 Å². The summed E-state index contributed by atoms with van der Waals surface area (Å²) in [5.41, 5.74) is 1.06. The molecular formula is C23H34N2O4. The van der Waals surface area contributed by atoms with Gasteiger partial charge in [-0.2, -0.15) is 0 Å². The molecule has 0 N–H and O–H groups in total. The monoisotopic (exact) mass is 402 g/mol. The Morgan fingerprint density at radius 2 is 1.90 bits per heavy atom. The number of hydrogen-bond acceptors (Lipinski definition) is 5. The van der Waals surface area contributed by atoms with Gasteiger partial charge < -0.3 is 19.1 Å². The van der Waals surface area contributed by atoms with Crippen LogP contribution in [0.15, 0.2) is 18.2 Å². The van der Waals surface area contributed by atoms with Gasteiger partial charge in [-0.1, -0.05) is 32.8 Å². The van der Waals surface area contributed by atoms with Crippen LogP contribution < -0.4 is 9.47 Å². The third-order valence-corrected chi connectivity index (χ3v) is 6.09. The maximum atomic E-state index is 13.4. The van der Waals surface area contributed by atoms with Crippen molar-refractivity contribution < 1.29 is 19.0 Å². The first-order valence-electron chi connectivity index (χ1n) is 11.1. The number of rotatable bonds is 6. The van der Waals surface area contributed by atoms with Crippen molar-refractivity contribution in [2.24, 2.45) is 5.92 Å². The van der Waals surface area contributed by atoms with E-state index in [0.29, 0.717) is 38.3 Å². The largest absolute Gasteiger partial charge is 0.486 e. The zero-order valence-corrected chi connectivity index (χ0v) is 17.8. The van der Waals surface area contributed by atoms with Crippen LogP contribution in [0.5, 0.6) is 11.5 Å². The summed E-state index contributed by atoms with van der Waals surface area (Å²) in [4.78, 5) is 17.8. The van der Waals surface area contributed by atoms with Crippen LogP contribution in [0.25, 0.3) is 0 Å². The van der Waals surface area contributed by atoms with Crippen molar-refractivity contribution in [2.75, 3.05) is 39.5 Å². The van der Waals surface area contributed by atoms with Crippen molar-refractivity contribution in [3.05, 3.63) is 23.8 Å². The Hall–Kier alpha value is -1.79. The third-order valence-electron chi connectivity index (χ3n) is 6.09. The highest BCUT2D eigenvalue weighted by atomic mass is 16.6. The average Bonchev–Trinajstić information content (AvgIpc) is 3.27. The molecule has 1 saturated carbocycles. The molecule has 3 aliphatic rings. The summed E-state index contributed by atoms with van der Waals surface area (Å²) >= 11 is 0.